The van der Waals surface area contributed by atoms with E-state index in [-0.39, 0.29) is 22.0 Å². The van der Waals surface area contributed by atoms with Crippen LogP contribution in [0.5, 0.6) is 0 Å². The molecule has 3 aromatic rings. The molecular formula is C16H17ClN4O2S. The number of nitrogens with one attached hydrogen (secondary N) is 2. The second-order valence-electron chi connectivity index (χ2n) is 5.64. The summed E-state index contributed by atoms with van der Waals surface area (Å²) in [7, 11) is 1.32. The van der Waals surface area contributed by atoms with E-state index in [4.69, 9.17) is 16.3 Å². The number of methoxy groups -OCH3 is 1. The number of imidazole rings is 1. The van der Waals surface area contributed by atoms with Gasteiger partial charge in [0.2, 0.25) is 0 Å². The minimum Gasteiger partial charge on any atom is -0.465 e. The number of hydrogen-bond acceptors (Lipinski definition) is 6. The van der Waals surface area contributed by atoms with Gasteiger partial charge in [0.1, 0.15) is 5.82 Å². The molecule has 0 saturated carbocycles. The molecule has 0 unspecified atom stereocenters. The molecule has 0 amide bonds. The summed E-state index contributed by atoms with van der Waals surface area (Å²) in [5, 5.41) is 4.01. The van der Waals surface area contributed by atoms with Gasteiger partial charge in [-0.25, -0.2) is 14.8 Å². The normalized spacial score (nSPS) is 12.5. The number of carbonyl (C=O) groups is 1. The van der Waals surface area contributed by atoms with Gasteiger partial charge in [-0.2, -0.15) is 0 Å². The molecule has 0 aliphatic heterocycles. The highest BCUT2D eigenvalue weighted by molar-refractivity contribution is 7.18. The highest BCUT2D eigenvalue weighted by Crippen LogP contribution is 2.32. The molecule has 126 valence electrons. The predicted octanol–water partition coefficient (Wildman–Crippen LogP) is 4.27. The van der Waals surface area contributed by atoms with Crippen molar-refractivity contribution in [2.24, 2.45) is 5.92 Å². The van der Waals surface area contributed by atoms with Gasteiger partial charge in [0.25, 0.3) is 0 Å². The summed E-state index contributed by atoms with van der Waals surface area (Å²) in [6, 6.07) is 7.77. The van der Waals surface area contributed by atoms with Crippen molar-refractivity contribution in [1.29, 1.82) is 0 Å². The number of anilines is 1. The average Bonchev–Trinajstić information content (AvgIpc) is 3.14. The van der Waals surface area contributed by atoms with Crippen LogP contribution in [0.2, 0.25) is 5.15 Å². The summed E-state index contributed by atoms with van der Waals surface area (Å²) in [6.07, 6.45) is 0. The molecule has 8 heteroatoms. The van der Waals surface area contributed by atoms with E-state index in [0.717, 1.165) is 16.9 Å². The lowest BCUT2D eigenvalue weighted by Gasteiger charge is -2.19. The van der Waals surface area contributed by atoms with E-state index < -0.39 is 5.97 Å². The molecule has 0 radical (unpaired) electrons. The molecule has 0 fully saturated rings. The van der Waals surface area contributed by atoms with Crippen molar-refractivity contribution < 1.29 is 9.53 Å². The Hall–Kier alpha value is -2.12. The van der Waals surface area contributed by atoms with Crippen molar-refractivity contribution in [3.05, 3.63) is 40.1 Å². The number of aromatic amines is 1. The highest BCUT2D eigenvalue weighted by Gasteiger charge is 2.23. The first-order valence-corrected chi connectivity index (χ1v) is 8.65. The Morgan fingerprint density at radius 3 is 2.75 bits per heavy atom. The summed E-state index contributed by atoms with van der Waals surface area (Å²) >= 11 is 7.20. The van der Waals surface area contributed by atoms with Gasteiger partial charge < -0.3 is 15.0 Å². The Morgan fingerprint density at radius 2 is 2.08 bits per heavy atom. The number of ether oxygens (including phenoxy) is 1. The molecule has 0 spiro atoms. The Bertz CT molecular complexity index is 841. The number of fused-ring (bicyclic) bond motifs is 1. The van der Waals surface area contributed by atoms with Crippen LogP contribution in [0.3, 0.4) is 0 Å². The first-order chi connectivity index (χ1) is 11.5. The quantitative estimate of drug-likeness (QED) is 0.661. The topological polar surface area (TPSA) is 79.9 Å². The molecule has 24 heavy (non-hydrogen) atoms. The van der Waals surface area contributed by atoms with Gasteiger partial charge in [-0.15, -0.1) is 0 Å². The number of para-hydroxylation sites is 2. The van der Waals surface area contributed by atoms with Crippen molar-refractivity contribution in [2.45, 2.75) is 19.9 Å². The van der Waals surface area contributed by atoms with Crippen LogP contribution in [0.25, 0.3) is 11.0 Å². The van der Waals surface area contributed by atoms with Crippen molar-refractivity contribution in [1.82, 2.24) is 15.0 Å². The number of rotatable bonds is 5. The van der Waals surface area contributed by atoms with Gasteiger partial charge in [0, 0.05) is 0 Å². The summed E-state index contributed by atoms with van der Waals surface area (Å²) in [5.74, 6) is 0.572. The standard InChI is InChI=1S/C16H17ClN4O2S/c1-8(2)11(14-18-9-6-4-5-7-10(9)19-14)20-16-21-13(17)12(24-16)15(22)23-3/h4-8,11H,1-3H3,(H,18,19)(H,20,21)/t11-/m1/s1. The van der Waals surface area contributed by atoms with Crippen molar-refractivity contribution >= 4 is 45.1 Å². The lowest BCUT2D eigenvalue weighted by molar-refractivity contribution is 0.0606. The maximum atomic E-state index is 11.7. The molecule has 2 aromatic heterocycles. The molecule has 0 aliphatic carbocycles. The number of benzene rings is 1. The Labute approximate surface area is 148 Å². The fourth-order valence-corrected chi connectivity index (χ4v) is 3.53. The largest absolute Gasteiger partial charge is 0.465 e. The predicted molar refractivity (Wildman–Crippen MR) is 95.8 cm³/mol. The minimum atomic E-state index is -0.490. The van der Waals surface area contributed by atoms with Crippen LogP contribution >= 0.6 is 22.9 Å². The number of thiazole rings is 1. The lowest BCUT2D eigenvalue weighted by Crippen LogP contribution is -2.18. The van der Waals surface area contributed by atoms with E-state index >= 15 is 0 Å². The summed E-state index contributed by atoms with van der Waals surface area (Å²) < 4.78 is 4.71. The SMILES string of the molecule is COC(=O)c1sc(N[C@@H](c2nc3ccccc3[nH]2)C(C)C)nc1Cl. The number of H-pyrrole nitrogens is 1. The van der Waals surface area contributed by atoms with Gasteiger partial charge in [-0.05, 0) is 18.1 Å². The van der Waals surface area contributed by atoms with Crippen LogP contribution < -0.4 is 5.32 Å². The number of halogens is 1. The minimum absolute atomic E-state index is 0.0925. The number of hydrogen-bond donors (Lipinski definition) is 2. The number of nitrogens with zero attached hydrogens (tertiary/aromatic N) is 2. The number of carbonyl (C=O) groups excluding carboxylic acids is 1. The molecule has 0 aliphatic rings. The van der Waals surface area contributed by atoms with Crippen LogP contribution in [-0.4, -0.2) is 28.0 Å². The van der Waals surface area contributed by atoms with E-state index in [0.29, 0.717) is 5.13 Å². The van der Waals surface area contributed by atoms with E-state index in [1.165, 1.54) is 18.4 Å². The Morgan fingerprint density at radius 1 is 1.33 bits per heavy atom. The lowest BCUT2D eigenvalue weighted by atomic mass is 10.0. The van der Waals surface area contributed by atoms with Crippen LogP contribution in [0.15, 0.2) is 24.3 Å². The second kappa shape index (κ2) is 6.78. The third-order valence-corrected chi connectivity index (χ3v) is 4.96. The van der Waals surface area contributed by atoms with Crippen LogP contribution in [0.1, 0.15) is 35.4 Å². The molecule has 1 atom stereocenters. The monoisotopic (exact) mass is 364 g/mol. The third kappa shape index (κ3) is 3.22. The maximum absolute atomic E-state index is 11.7. The second-order valence-corrected chi connectivity index (χ2v) is 6.99. The highest BCUT2D eigenvalue weighted by atomic mass is 35.5. The third-order valence-electron chi connectivity index (χ3n) is 3.60. The van der Waals surface area contributed by atoms with Crippen molar-refractivity contribution in [3.8, 4) is 0 Å². The molecule has 2 N–H and O–H groups in total. The Kier molecular flexibility index (Phi) is 4.73. The van der Waals surface area contributed by atoms with Crippen LogP contribution in [-0.2, 0) is 4.74 Å². The summed E-state index contributed by atoms with van der Waals surface area (Å²) in [6.45, 7) is 4.17. The zero-order valence-corrected chi connectivity index (χ0v) is 15.0. The fourth-order valence-electron chi connectivity index (χ4n) is 2.39. The fraction of sp³-hybridized carbons (Fsp3) is 0.312. The zero-order chi connectivity index (χ0) is 17.3. The molecule has 6 nitrogen and oxygen atoms in total. The van der Waals surface area contributed by atoms with Gasteiger partial charge in [-0.1, -0.05) is 48.9 Å². The van der Waals surface area contributed by atoms with E-state index in [9.17, 15) is 4.79 Å². The van der Waals surface area contributed by atoms with E-state index in [1.54, 1.807) is 0 Å². The van der Waals surface area contributed by atoms with Crippen molar-refractivity contribution in [3.63, 3.8) is 0 Å². The zero-order valence-electron chi connectivity index (χ0n) is 13.5. The first kappa shape index (κ1) is 16.7. The first-order valence-electron chi connectivity index (χ1n) is 7.45. The van der Waals surface area contributed by atoms with Crippen LogP contribution in [0.4, 0.5) is 5.13 Å². The molecule has 3 rings (SSSR count). The number of esters is 1. The maximum Gasteiger partial charge on any atom is 0.351 e. The van der Waals surface area contributed by atoms with Gasteiger partial charge in [-0.3, -0.25) is 0 Å². The van der Waals surface area contributed by atoms with Gasteiger partial charge in [0.15, 0.2) is 15.2 Å². The molecular weight excluding hydrogens is 348 g/mol. The van der Waals surface area contributed by atoms with Crippen molar-refractivity contribution in [2.75, 3.05) is 12.4 Å². The molecule has 1 aromatic carbocycles. The average molecular weight is 365 g/mol. The van der Waals surface area contributed by atoms with E-state index in [1.807, 2.05) is 24.3 Å². The molecule has 0 bridgehead atoms. The van der Waals surface area contributed by atoms with Gasteiger partial charge >= 0.3 is 5.97 Å². The summed E-state index contributed by atoms with van der Waals surface area (Å²) in [5.41, 5.74) is 1.89. The molecule has 0 saturated heterocycles. The summed E-state index contributed by atoms with van der Waals surface area (Å²) in [4.78, 5) is 24.1. The number of aromatic nitrogens is 3. The van der Waals surface area contributed by atoms with Crippen LogP contribution in [0, 0.1) is 5.92 Å². The van der Waals surface area contributed by atoms with Gasteiger partial charge in [0.05, 0.1) is 24.2 Å². The molecule has 2 heterocycles. The smallest absolute Gasteiger partial charge is 0.351 e. The Balaban J connectivity index is 1.91. The van der Waals surface area contributed by atoms with E-state index in [2.05, 4.69) is 34.1 Å².